The van der Waals surface area contributed by atoms with Crippen LogP contribution < -0.4 is 9.80 Å². The fraction of sp³-hybridized carbons (Fsp3) is 0.185. The minimum absolute atomic E-state index is 0.0452. The van der Waals surface area contributed by atoms with Crippen LogP contribution >= 0.6 is 12.2 Å². The van der Waals surface area contributed by atoms with Gasteiger partial charge in [-0.15, -0.1) is 0 Å². The molecular weight excluding hydrogens is 499 g/mol. The second-order valence-electron chi connectivity index (χ2n) is 9.21. The number of thiocarbonyl (C=S) groups is 1. The van der Waals surface area contributed by atoms with E-state index in [-0.39, 0.29) is 10.8 Å². The highest BCUT2D eigenvalue weighted by atomic mass is 32.1. The molecule has 0 bridgehead atoms. The van der Waals surface area contributed by atoms with E-state index in [9.17, 15) is 18.0 Å². The molecule has 2 heterocycles. The number of aromatic nitrogens is 2. The maximum Gasteiger partial charge on any atom is 0.417 e. The molecule has 5 rings (SSSR count). The van der Waals surface area contributed by atoms with Crippen LogP contribution in [-0.4, -0.2) is 26.3 Å². The zero-order chi connectivity index (χ0) is 26.5. The standard InChI is InChI=1S/C27H20F3N5OS/c1-26(2)24(36)34(20-9-8-18(14-31)22(13-20)27(28,29)30)25(37)35(26)21-10-11-23-19(12-21)16-33(32-23)15-17-6-4-3-5-7-17/h3-13,16H,15H2,1-2H3. The summed E-state index contributed by atoms with van der Waals surface area (Å²) in [6, 6.07) is 20.0. The van der Waals surface area contributed by atoms with Gasteiger partial charge in [-0.25, -0.2) is 0 Å². The zero-order valence-electron chi connectivity index (χ0n) is 19.8. The third-order valence-electron chi connectivity index (χ3n) is 6.34. The fourth-order valence-electron chi connectivity index (χ4n) is 4.51. The molecule has 10 heteroatoms. The molecule has 0 radical (unpaired) electrons. The first kappa shape index (κ1) is 24.5. The average molecular weight is 520 g/mol. The quantitative estimate of drug-likeness (QED) is 0.315. The smallest absolute Gasteiger partial charge is 0.304 e. The topological polar surface area (TPSA) is 65.2 Å². The summed E-state index contributed by atoms with van der Waals surface area (Å²) in [4.78, 5) is 16.2. The van der Waals surface area contributed by atoms with Crippen LogP contribution in [0.25, 0.3) is 10.9 Å². The van der Waals surface area contributed by atoms with Crippen molar-refractivity contribution < 1.29 is 18.0 Å². The number of anilines is 2. The Morgan fingerprint density at radius 2 is 1.73 bits per heavy atom. The zero-order valence-corrected chi connectivity index (χ0v) is 20.6. The van der Waals surface area contributed by atoms with Crippen molar-refractivity contribution in [1.29, 1.82) is 5.26 Å². The summed E-state index contributed by atoms with van der Waals surface area (Å²) in [6.45, 7) is 3.92. The van der Waals surface area contributed by atoms with Gasteiger partial charge in [0, 0.05) is 17.3 Å². The minimum Gasteiger partial charge on any atom is -0.304 e. The highest BCUT2D eigenvalue weighted by molar-refractivity contribution is 7.81. The van der Waals surface area contributed by atoms with E-state index in [4.69, 9.17) is 17.5 Å². The molecule has 1 fully saturated rings. The van der Waals surface area contributed by atoms with Gasteiger partial charge >= 0.3 is 6.18 Å². The van der Waals surface area contributed by atoms with Crippen LogP contribution in [0, 0.1) is 11.3 Å². The van der Waals surface area contributed by atoms with Gasteiger partial charge < -0.3 is 4.90 Å². The maximum atomic E-state index is 13.6. The van der Waals surface area contributed by atoms with Crippen LogP contribution in [0.1, 0.15) is 30.5 Å². The first-order chi connectivity index (χ1) is 17.5. The molecule has 1 aliphatic heterocycles. The minimum atomic E-state index is -4.76. The van der Waals surface area contributed by atoms with Crippen molar-refractivity contribution >= 4 is 45.5 Å². The number of rotatable bonds is 4. The molecule has 0 atom stereocenters. The number of fused-ring (bicyclic) bond motifs is 1. The number of nitrogens with zero attached hydrogens (tertiary/aromatic N) is 5. The molecule has 0 saturated carbocycles. The molecule has 0 aliphatic carbocycles. The van der Waals surface area contributed by atoms with E-state index in [1.54, 1.807) is 30.9 Å². The molecule has 37 heavy (non-hydrogen) atoms. The number of carbonyl (C=O) groups excluding carboxylic acids is 1. The molecule has 1 saturated heterocycles. The van der Waals surface area contributed by atoms with Gasteiger partial charge in [0.05, 0.1) is 34.9 Å². The van der Waals surface area contributed by atoms with E-state index < -0.39 is 28.7 Å². The predicted molar refractivity (Wildman–Crippen MR) is 138 cm³/mol. The number of carbonyl (C=O) groups is 1. The summed E-state index contributed by atoms with van der Waals surface area (Å²) in [6.07, 6.45) is -2.86. The summed E-state index contributed by atoms with van der Waals surface area (Å²) in [7, 11) is 0. The first-order valence-electron chi connectivity index (χ1n) is 11.3. The second kappa shape index (κ2) is 8.71. The van der Waals surface area contributed by atoms with E-state index >= 15 is 0 Å². The van der Waals surface area contributed by atoms with Gasteiger partial charge in [-0.3, -0.25) is 14.4 Å². The lowest BCUT2D eigenvalue weighted by molar-refractivity contribution is -0.137. The van der Waals surface area contributed by atoms with Crippen LogP contribution in [0.3, 0.4) is 0 Å². The van der Waals surface area contributed by atoms with Crippen molar-refractivity contribution in [3.8, 4) is 6.07 Å². The molecule has 1 aliphatic rings. The highest BCUT2D eigenvalue weighted by Crippen LogP contribution is 2.40. The van der Waals surface area contributed by atoms with Gasteiger partial charge in [0.15, 0.2) is 5.11 Å². The molecule has 4 aromatic rings. The second-order valence-corrected chi connectivity index (χ2v) is 9.58. The Hall–Kier alpha value is -4.23. The van der Waals surface area contributed by atoms with Gasteiger partial charge in [-0.2, -0.15) is 23.5 Å². The normalized spacial score (nSPS) is 15.5. The molecule has 3 aromatic carbocycles. The van der Waals surface area contributed by atoms with Gasteiger partial charge in [0.2, 0.25) is 0 Å². The Bertz CT molecular complexity index is 1590. The number of amides is 1. The summed E-state index contributed by atoms with van der Waals surface area (Å²) in [5, 5.41) is 14.6. The van der Waals surface area contributed by atoms with Crippen LogP contribution in [0.5, 0.6) is 0 Å². The Kier molecular flexibility index (Phi) is 5.76. The van der Waals surface area contributed by atoms with Crippen molar-refractivity contribution in [2.24, 2.45) is 0 Å². The highest BCUT2D eigenvalue weighted by Gasteiger charge is 2.50. The lowest BCUT2D eigenvalue weighted by Gasteiger charge is -2.29. The average Bonchev–Trinajstić information content (AvgIpc) is 3.32. The molecular formula is C27H20F3N5OS. The summed E-state index contributed by atoms with van der Waals surface area (Å²) >= 11 is 5.63. The Morgan fingerprint density at radius 1 is 1.03 bits per heavy atom. The number of halogens is 3. The fourth-order valence-corrected chi connectivity index (χ4v) is 5.04. The SMILES string of the molecule is CC1(C)C(=O)N(c2ccc(C#N)c(C(F)(F)F)c2)C(=S)N1c1ccc2nn(Cc3ccccc3)cc2c1. The van der Waals surface area contributed by atoms with Crippen molar-refractivity contribution in [1.82, 2.24) is 9.78 Å². The Labute approximate surface area is 216 Å². The van der Waals surface area contributed by atoms with Crippen molar-refractivity contribution in [2.75, 3.05) is 9.80 Å². The monoisotopic (exact) mass is 519 g/mol. The van der Waals surface area contributed by atoms with Crippen molar-refractivity contribution in [3.63, 3.8) is 0 Å². The molecule has 0 N–H and O–H groups in total. The number of hydrogen-bond acceptors (Lipinski definition) is 4. The van der Waals surface area contributed by atoms with Gasteiger partial charge in [0.25, 0.3) is 5.91 Å². The lowest BCUT2D eigenvalue weighted by atomic mass is 10.0. The van der Waals surface area contributed by atoms with Gasteiger partial charge in [-0.05, 0) is 68.0 Å². The van der Waals surface area contributed by atoms with Gasteiger partial charge in [0.1, 0.15) is 5.54 Å². The predicted octanol–water partition coefficient (Wildman–Crippen LogP) is 5.89. The third kappa shape index (κ3) is 4.21. The Morgan fingerprint density at radius 3 is 2.41 bits per heavy atom. The van der Waals surface area contributed by atoms with E-state index in [2.05, 4.69) is 5.10 Å². The summed E-state index contributed by atoms with van der Waals surface area (Å²) in [5.41, 5.74) is -0.394. The summed E-state index contributed by atoms with van der Waals surface area (Å²) in [5.74, 6) is -0.477. The number of hydrogen-bond donors (Lipinski definition) is 0. The van der Waals surface area contributed by atoms with E-state index in [0.717, 1.165) is 33.5 Å². The van der Waals surface area contributed by atoms with Crippen molar-refractivity contribution in [2.45, 2.75) is 32.1 Å². The molecule has 0 unspecified atom stereocenters. The van der Waals surface area contributed by atoms with Crippen LogP contribution in [-0.2, 0) is 17.5 Å². The number of alkyl halides is 3. The van der Waals surface area contributed by atoms with Crippen LogP contribution in [0.15, 0.2) is 72.9 Å². The Balaban J connectivity index is 1.51. The maximum absolute atomic E-state index is 13.6. The first-order valence-corrected chi connectivity index (χ1v) is 11.7. The largest absolute Gasteiger partial charge is 0.417 e. The van der Waals surface area contributed by atoms with E-state index in [0.29, 0.717) is 12.2 Å². The molecule has 0 spiro atoms. The number of nitriles is 1. The van der Waals surface area contributed by atoms with E-state index in [1.165, 1.54) is 6.07 Å². The van der Waals surface area contributed by atoms with Crippen LogP contribution in [0.4, 0.5) is 24.5 Å². The van der Waals surface area contributed by atoms with Crippen molar-refractivity contribution in [3.05, 3.63) is 89.6 Å². The third-order valence-corrected chi connectivity index (χ3v) is 6.70. The van der Waals surface area contributed by atoms with E-state index in [1.807, 2.05) is 53.3 Å². The van der Waals surface area contributed by atoms with Gasteiger partial charge in [-0.1, -0.05) is 30.3 Å². The molecule has 1 amide bonds. The van der Waals surface area contributed by atoms with Crippen LogP contribution in [0.2, 0.25) is 0 Å². The summed E-state index contributed by atoms with van der Waals surface area (Å²) < 4.78 is 42.5. The molecule has 6 nitrogen and oxygen atoms in total. The number of benzene rings is 3. The molecule has 1 aromatic heterocycles. The lowest BCUT2D eigenvalue weighted by Crippen LogP contribution is -2.44. The molecule has 186 valence electrons.